The molecule has 0 radical (unpaired) electrons. The second-order valence-electron chi connectivity index (χ2n) is 1.52. The maximum Gasteiger partial charge on any atom is 0.405 e. The summed E-state index contributed by atoms with van der Waals surface area (Å²) in [5, 5.41) is 0. The second kappa shape index (κ2) is 3.75. The summed E-state index contributed by atoms with van der Waals surface area (Å²) >= 11 is 10.2. The molecular weight excluding hydrogens is 163 g/mol. The summed E-state index contributed by atoms with van der Waals surface area (Å²) in [5.74, 6) is 0. The fraction of sp³-hybridized carbons (Fsp3) is 0.400. The average Bonchev–Trinajstić information content (AvgIpc) is 1.63. The predicted octanol–water partition coefficient (Wildman–Crippen LogP) is 2.50. The van der Waals surface area contributed by atoms with Crippen LogP contribution in [0.4, 0.5) is 4.79 Å². The molecule has 0 saturated heterocycles. The first-order chi connectivity index (χ1) is 4.04. The molecule has 0 aliphatic heterocycles. The van der Waals surface area contributed by atoms with Gasteiger partial charge < -0.3 is 4.74 Å². The summed E-state index contributed by atoms with van der Waals surface area (Å²) in [4.78, 5) is 9.98. The molecule has 1 atom stereocenters. The van der Waals surface area contributed by atoms with Gasteiger partial charge in [0.2, 0.25) is 0 Å². The van der Waals surface area contributed by atoms with Crippen molar-refractivity contribution < 1.29 is 9.53 Å². The van der Waals surface area contributed by atoms with E-state index in [4.69, 9.17) is 23.2 Å². The summed E-state index contributed by atoms with van der Waals surface area (Å²) in [7, 11) is 0. The first kappa shape index (κ1) is 8.79. The highest BCUT2D eigenvalue weighted by Crippen LogP contribution is 2.09. The van der Waals surface area contributed by atoms with Gasteiger partial charge in [-0.1, -0.05) is 18.2 Å². The van der Waals surface area contributed by atoms with Crippen LogP contribution in [0.5, 0.6) is 0 Å². The molecule has 1 unspecified atom stereocenters. The van der Waals surface area contributed by atoms with Gasteiger partial charge in [0.25, 0.3) is 0 Å². The zero-order chi connectivity index (χ0) is 7.44. The van der Waals surface area contributed by atoms with Gasteiger partial charge in [-0.3, -0.25) is 0 Å². The number of ether oxygens (including phenoxy) is 1. The van der Waals surface area contributed by atoms with Crippen molar-refractivity contribution in [1.82, 2.24) is 0 Å². The SMILES string of the molecule is C=C(C)C(Cl)OC(=O)Cl. The van der Waals surface area contributed by atoms with Crippen molar-refractivity contribution in [2.24, 2.45) is 0 Å². The molecule has 0 spiro atoms. The maximum absolute atomic E-state index is 9.98. The molecule has 0 amide bonds. The van der Waals surface area contributed by atoms with E-state index in [-0.39, 0.29) is 0 Å². The Balaban J connectivity index is 3.63. The molecule has 0 aromatic carbocycles. The molecule has 52 valence electrons. The second-order valence-corrected chi connectivity index (χ2v) is 2.22. The Morgan fingerprint density at radius 3 is 2.33 bits per heavy atom. The van der Waals surface area contributed by atoms with Gasteiger partial charge in [-0.25, -0.2) is 4.79 Å². The number of hydrogen-bond acceptors (Lipinski definition) is 2. The van der Waals surface area contributed by atoms with Crippen molar-refractivity contribution in [2.45, 2.75) is 12.5 Å². The standard InChI is InChI=1S/C5H6Cl2O2/c1-3(2)4(6)9-5(7)8/h4H,1H2,2H3. The highest BCUT2D eigenvalue weighted by Gasteiger charge is 2.07. The topological polar surface area (TPSA) is 26.3 Å². The van der Waals surface area contributed by atoms with E-state index in [1.165, 1.54) is 0 Å². The van der Waals surface area contributed by atoms with E-state index in [0.29, 0.717) is 5.57 Å². The van der Waals surface area contributed by atoms with E-state index >= 15 is 0 Å². The molecule has 2 nitrogen and oxygen atoms in total. The van der Waals surface area contributed by atoms with Gasteiger partial charge in [0.15, 0.2) is 5.56 Å². The molecule has 4 heteroatoms. The summed E-state index contributed by atoms with van der Waals surface area (Å²) < 4.78 is 4.30. The molecule has 0 bridgehead atoms. The smallest absolute Gasteiger partial charge is 0.405 e. The van der Waals surface area contributed by atoms with Crippen LogP contribution in [-0.2, 0) is 4.74 Å². The Morgan fingerprint density at radius 1 is 1.78 bits per heavy atom. The molecule has 0 aliphatic rings. The molecule has 0 fully saturated rings. The molecule has 0 heterocycles. The van der Waals surface area contributed by atoms with Crippen molar-refractivity contribution in [1.29, 1.82) is 0 Å². The van der Waals surface area contributed by atoms with Gasteiger partial charge >= 0.3 is 5.43 Å². The Morgan fingerprint density at radius 2 is 2.22 bits per heavy atom. The summed E-state index contributed by atoms with van der Waals surface area (Å²) in [6.45, 7) is 5.08. The van der Waals surface area contributed by atoms with E-state index in [1.807, 2.05) is 0 Å². The van der Waals surface area contributed by atoms with E-state index in [9.17, 15) is 4.79 Å². The third-order valence-electron chi connectivity index (χ3n) is 0.584. The lowest BCUT2D eigenvalue weighted by Crippen LogP contribution is -2.06. The lowest BCUT2D eigenvalue weighted by atomic mass is 10.4. The van der Waals surface area contributed by atoms with Crippen molar-refractivity contribution in [3.63, 3.8) is 0 Å². The van der Waals surface area contributed by atoms with Crippen molar-refractivity contribution in [2.75, 3.05) is 0 Å². The lowest BCUT2D eigenvalue weighted by molar-refractivity contribution is 0.171. The fourth-order valence-electron chi connectivity index (χ4n) is 0.182. The Bertz CT molecular complexity index is 133. The molecular formula is C5H6Cl2O2. The van der Waals surface area contributed by atoms with Gasteiger partial charge in [-0.15, -0.1) is 0 Å². The van der Waals surface area contributed by atoms with Crippen molar-refractivity contribution in [3.05, 3.63) is 12.2 Å². The number of rotatable bonds is 2. The third kappa shape index (κ3) is 4.30. The lowest BCUT2D eigenvalue weighted by Gasteiger charge is -2.05. The van der Waals surface area contributed by atoms with Gasteiger partial charge in [0.1, 0.15) is 0 Å². The Kier molecular flexibility index (Phi) is 3.66. The molecule has 0 rings (SSSR count). The van der Waals surface area contributed by atoms with E-state index in [0.717, 1.165) is 0 Å². The van der Waals surface area contributed by atoms with Gasteiger partial charge in [0.05, 0.1) is 0 Å². The van der Waals surface area contributed by atoms with Crippen LogP contribution in [0, 0.1) is 0 Å². The first-order valence-corrected chi connectivity index (χ1v) is 3.01. The highest BCUT2D eigenvalue weighted by atomic mass is 35.5. The number of carbonyl (C=O) groups excluding carboxylic acids is 1. The van der Waals surface area contributed by atoms with Crippen LogP contribution in [0.25, 0.3) is 0 Å². The minimum Gasteiger partial charge on any atom is -0.430 e. The van der Waals surface area contributed by atoms with Crippen LogP contribution in [0.2, 0.25) is 0 Å². The van der Waals surface area contributed by atoms with Crippen molar-refractivity contribution in [3.8, 4) is 0 Å². The number of hydrogen-bond donors (Lipinski definition) is 0. The third-order valence-corrected chi connectivity index (χ3v) is 1.13. The normalized spacial score (nSPS) is 12.3. The monoisotopic (exact) mass is 168 g/mol. The summed E-state index contributed by atoms with van der Waals surface area (Å²) in [6, 6.07) is 0. The average molecular weight is 169 g/mol. The minimum atomic E-state index is -0.919. The molecule has 0 N–H and O–H groups in total. The maximum atomic E-state index is 9.98. The highest BCUT2D eigenvalue weighted by molar-refractivity contribution is 6.61. The zero-order valence-electron chi connectivity index (χ0n) is 4.86. The van der Waals surface area contributed by atoms with E-state index in [2.05, 4.69) is 11.3 Å². The Hall–Kier alpha value is -0.210. The molecule has 0 saturated carbocycles. The molecule has 0 aromatic heterocycles. The summed E-state index contributed by atoms with van der Waals surface area (Å²) in [5.41, 5.74) is -1.18. The van der Waals surface area contributed by atoms with Gasteiger partial charge in [-0.2, -0.15) is 0 Å². The first-order valence-electron chi connectivity index (χ1n) is 2.19. The summed E-state index contributed by atoms with van der Waals surface area (Å²) in [6.07, 6.45) is 0. The number of halogens is 2. The van der Waals surface area contributed by atoms with E-state index in [1.54, 1.807) is 6.92 Å². The number of alkyl halides is 1. The number of carbonyl (C=O) groups is 1. The van der Waals surface area contributed by atoms with Crippen molar-refractivity contribution >= 4 is 28.6 Å². The van der Waals surface area contributed by atoms with E-state index < -0.39 is 11.0 Å². The fourth-order valence-corrected chi connectivity index (χ4v) is 0.398. The van der Waals surface area contributed by atoms with Crippen LogP contribution in [0.1, 0.15) is 6.92 Å². The Labute approximate surface area is 63.4 Å². The van der Waals surface area contributed by atoms with Gasteiger partial charge in [-0.05, 0) is 12.5 Å². The largest absolute Gasteiger partial charge is 0.430 e. The van der Waals surface area contributed by atoms with Crippen LogP contribution >= 0.6 is 23.2 Å². The predicted molar refractivity (Wildman–Crippen MR) is 36.8 cm³/mol. The minimum absolute atomic E-state index is 0.547. The zero-order valence-corrected chi connectivity index (χ0v) is 6.37. The van der Waals surface area contributed by atoms with Crippen LogP contribution in [-0.4, -0.2) is 11.0 Å². The molecule has 0 aliphatic carbocycles. The molecule has 9 heavy (non-hydrogen) atoms. The van der Waals surface area contributed by atoms with Crippen LogP contribution in [0.15, 0.2) is 12.2 Å². The molecule has 0 aromatic rings. The van der Waals surface area contributed by atoms with Gasteiger partial charge in [0, 0.05) is 11.6 Å². The van der Waals surface area contributed by atoms with Crippen LogP contribution < -0.4 is 0 Å². The van der Waals surface area contributed by atoms with Crippen LogP contribution in [0.3, 0.4) is 0 Å². The quantitative estimate of drug-likeness (QED) is 0.360.